The molecule has 0 saturated heterocycles. The molecule has 0 aliphatic rings. The van der Waals surface area contributed by atoms with E-state index in [1.165, 1.54) is 0 Å². The number of hydrogen-bond donors (Lipinski definition) is 0. The molecule has 0 fully saturated rings. The van der Waals surface area contributed by atoms with Gasteiger partial charge >= 0.3 is 0 Å². The van der Waals surface area contributed by atoms with Gasteiger partial charge in [0.2, 0.25) is 0 Å². The van der Waals surface area contributed by atoms with E-state index >= 15 is 0 Å². The first-order valence-corrected chi connectivity index (χ1v) is 7.39. The molecule has 2 atom stereocenters. The van der Waals surface area contributed by atoms with Crippen LogP contribution >= 0.6 is 0 Å². The highest BCUT2D eigenvalue weighted by atomic mass is 16.5. The Morgan fingerprint density at radius 2 is 1.21 bits per heavy atom. The maximum Gasteiger partial charge on any atom is 0.0862 e. The topological polar surface area (TPSA) is 27.7 Å². The summed E-state index contributed by atoms with van der Waals surface area (Å²) in [5.41, 5.74) is 0. The zero-order valence-electron chi connectivity index (χ0n) is 12.9. The Bertz CT molecular complexity index is 212. The third-order valence-electron chi connectivity index (χ3n) is 2.50. The molecule has 0 bridgehead atoms. The zero-order chi connectivity index (χ0) is 14.3. The van der Waals surface area contributed by atoms with Gasteiger partial charge in [-0.15, -0.1) is 0 Å². The minimum absolute atomic E-state index is 0.256. The van der Waals surface area contributed by atoms with Gasteiger partial charge in [0.15, 0.2) is 0 Å². The molecular weight excluding hydrogens is 240 g/mol. The minimum Gasteiger partial charge on any atom is -0.473 e. The number of hydrogen-bond acceptors (Lipinski definition) is 3. The van der Waals surface area contributed by atoms with Crippen molar-refractivity contribution in [3.8, 4) is 0 Å². The van der Waals surface area contributed by atoms with Gasteiger partial charge in [-0.1, -0.05) is 13.8 Å². The van der Waals surface area contributed by atoms with Crippen LogP contribution in [-0.4, -0.2) is 25.4 Å². The van der Waals surface area contributed by atoms with Crippen molar-refractivity contribution in [1.29, 1.82) is 0 Å². The van der Waals surface area contributed by atoms with Crippen LogP contribution in [0.3, 0.4) is 0 Å². The molecule has 112 valence electrons. The van der Waals surface area contributed by atoms with Crippen LogP contribution in [0.4, 0.5) is 0 Å². The van der Waals surface area contributed by atoms with Gasteiger partial charge in [-0.2, -0.15) is 0 Å². The zero-order valence-corrected chi connectivity index (χ0v) is 12.9. The van der Waals surface area contributed by atoms with E-state index in [9.17, 15) is 0 Å². The molecule has 0 aromatic carbocycles. The van der Waals surface area contributed by atoms with Crippen molar-refractivity contribution in [2.75, 3.05) is 13.2 Å². The van der Waals surface area contributed by atoms with Crippen molar-refractivity contribution < 1.29 is 14.2 Å². The second-order valence-corrected chi connectivity index (χ2v) is 4.71. The summed E-state index contributed by atoms with van der Waals surface area (Å²) in [5.74, 6) is 0. The summed E-state index contributed by atoms with van der Waals surface area (Å²) in [4.78, 5) is 0. The molecule has 3 nitrogen and oxygen atoms in total. The maximum atomic E-state index is 5.55. The van der Waals surface area contributed by atoms with Crippen LogP contribution in [0.5, 0.6) is 0 Å². The SMILES string of the molecule is CCCOC(C)CC=COC=CCC(C)OCCC. The summed E-state index contributed by atoms with van der Waals surface area (Å²) >= 11 is 0. The van der Waals surface area contributed by atoms with Gasteiger partial charge in [-0.25, -0.2) is 0 Å². The smallest absolute Gasteiger partial charge is 0.0862 e. The lowest BCUT2D eigenvalue weighted by atomic mass is 10.3. The van der Waals surface area contributed by atoms with Crippen LogP contribution in [0, 0.1) is 0 Å². The van der Waals surface area contributed by atoms with E-state index in [-0.39, 0.29) is 12.2 Å². The largest absolute Gasteiger partial charge is 0.473 e. The highest BCUT2D eigenvalue weighted by molar-refractivity contribution is 4.82. The van der Waals surface area contributed by atoms with Crippen molar-refractivity contribution in [2.24, 2.45) is 0 Å². The first kappa shape index (κ1) is 18.2. The van der Waals surface area contributed by atoms with E-state index in [1.54, 1.807) is 12.5 Å². The lowest BCUT2D eigenvalue weighted by Crippen LogP contribution is -2.07. The van der Waals surface area contributed by atoms with Gasteiger partial charge < -0.3 is 14.2 Å². The van der Waals surface area contributed by atoms with Crippen molar-refractivity contribution in [3.63, 3.8) is 0 Å². The Morgan fingerprint density at radius 3 is 1.58 bits per heavy atom. The van der Waals surface area contributed by atoms with Crippen LogP contribution in [0.1, 0.15) is 53.4 Å². The predicted octanol–water partition coefficient (Wildman–Crippen LogP) is 4.44. The second kappa shape index (κ2) is 13.6. The molecular formula is C16H30O3. The van der Waals surface area contributed by atoms with Crippen molar-refractivity contribution in [3.05, 3.63) is 24.7 Å². The maximum absolute atomic E-state index is 5.55. The van der Waals surface area contributed by atoms with Gasteiger partial charge in [-0.3, -0.25) is 0 Å². The van der Waals surface area contributed by atoms with Crippen LogP contribution in [0.15, 0.2) is 24.7 Å². The summed E-state index contributed by atoms with van der Waals surface area (Å²) < 4.78 is 16.4. The Morgan fingerprint density at radius 1 is 0.789 bits per heavy atom. The number of ether oxygens (including phenoxy) is 3. The summed E-state index contributed by atoms with van der Waals surface area (Å²) in [6, 6.07) is 0. The van der Waals surface area contributed by atoms with Crippen LogP contribution in [-0.2, 0) is 14.2 Å². The Labute approximate surface area is 118 Å². The first-order chi connectivity index (χ1) is 9.20. The fourth-order valence-electron chi connectivity index (χ4n) is 1.43. The second-order valence-electron chi connectivity index (χ2n) is 4.71. The first-order valence-electron chi connectivity index (χ1n) is 7.39. The van der Waals surface area contributed by atoms with E-state index in [0.29, 0.717) is 0 Å². The quantitative estimate of drug-likeness (QED) is 0.491. The molecule has 0 saturated carbocycles. The molecule has 3 heteroatoms. The van der Waals surface area contributed by atoms with E-state index < -0.39 is 0 Å². The molecule has 0 aromatic heterocycles. The molecule has 0 rings (SSSR count). The molecule has 0 amide bonds. The summed E-state index contributed by atoms with van der Waals surface area (Å²) in [6.07, 6.45) is 11.8. The molecule has 0 N–H and O–H groups in total. The van der Waals surface area contributed by atoms with Crippen molar-refractivity contribution in [2.45, 2.75) is 65.6 Å². The minimum atomic E-state index is 0.256. The molecule has 2 unspecified atom stereocenters. The fraction of sp³-hybridized carbons (Fsp3) is 0.750. The van der Waals surface area contributed by atoms with E-state index in [1.807, 2.05) is 12.2 Å². The molecule has 0 aliphatic carbocycles. The van der Waals surface area contributed by atoms with Crippen LogP contribution in [0.25, 0.3) is 0 Å². The van der Waals surface area contributed by atoms with Crippen LogP contribution < -0.4 is 0 Å². The molecule has 0 heterocycles. The number of rotatable bonds is 12. The third kappa shape index (κ3) is 13.4. The average Bonchev–Trinajstić information content (AvgIpc) is 2.41. The average molecular weight is 270 g/mol. The van der Waals surface area contributed by atoms with Gasteiger partial charge in [0.05, 0.1) is 24.7 Å². The van der Waals surface area contributed by atoms with Crippen molar-refractivity contribution in [1.82, 2.24) is 0 Å². The molecule has 19 heavy (non-hydrogen) atoms. The van der Waals surface area contributed by atoms with E-state index in [4.69, 9.17) is 14.2 Å². The third-order valence-corrected chi connectivity index (χ3v) is 2.50. The molecule has 0 radical (unpaired) electrons. The van der Waals surface area contributed by atoms with Crippen LogP contribution in [0.2, 0.25) is 0 Å². The Hall–Kier alpha value is -0.800. The fourth-order valence-corrected chi connectivity index (χ4v) is 1.43. The Kier molecular flexibility index (Phi) is 13.1. The summed E-state index contributed by atoms with van der Waals surface area (Å²) in [5, 5.41) is 0. The normalized spacial score (nSPS) is 15.2. The monoisotopic (exact) mass is 270 g/mol. The summed E-state index contributed by atoms with van der Waals surface area (Å²) in [6.45, 7) is 10.0. The lowest BCUT2D eigenvalue weighted by Gasteiger charge is -2.09. The van der Waals surface area contributed by atoms with Gasteiger partial charge in [-0.05, 0) is 51.7 Å². The Balaban J connectivity index is 3.50. The van der Waals surface area contributed by atoms with Gasteiger partial charge in [0.25, 0.3) is 0 Å². The predicted molar refractivity (Wildman–Crippen MR) is 80.0 cm³/mol. The standard InChI is InChI=1S/C16H30O3/c1-5-11-18-15(3)9-7-13-17-14-8-10-16(4)19-12-6-2/h7-8,13-16H,5-6,9-12H2,1-4H3. The van der Waals surface area contributed by atoms with Gasteiger partial charge in [0.1, 0.15) is 0 Å². The lowest BCUT2D eigenvalue weighted by molar-refractivity contribution is 0.0681. The highest BCUT2D eigenvalue weighted by Crippen LogP contribution is 2.01. The summed E-state index contributed by atoms with van der Waals surface area (Å²) in [7, 11) is 0. The highest BCUT2D eigenvalue weighted by Gasteiger charge is 1.98. The van der Waals surface area contributed by atoms with Gasteiger partial charge in [0, 0.05) is 13.2 Å². The van der Waals surface area contributed by atoms with Crippen molar-refractivity contribution >= 4 is 0 Å². The molecule has 0 aliphatic heterocycles. The van der Waals surface area contributed by atoms with E-state index in [0.717, 1.165) is 38.9 Å². The molecule has 0 spiro atoms. The van der Waals surface area contributed by atoms with E-state index in [2.05, 4.69) is 27.7 Å². The molecule has 0 aromatic rings.